The first kappa shape index (κ1) is 35.5. The monoisotopic (exact) mass is 801 g/mol. The first-order valence-corrected chi connectivity index (χ1v) is 21.8. The van der Waals surface area contributed by atoms with Crippen LogP contribution in [0.5, 0.6) is 0 Å². The molecule has 0 saturated carbocycles. The Labute approximate surface area is 366 Å². The molecule has 0 atom stereocenters. The molecule has 0 N–H and O–H groups in total. The van der Waals surface area contributed by atoms with Gasteiger partial charge in [0.1, 0.15) is 11.2 Å². The third kappa shape index (κ3) is 5.19. The van der Waals surface area contributed by atoms with E-state index in [1.165, 1.54) is 55.6 Å². The summed E-state index contributed by atoms with van der Waals surface area (Å²) in [6, 6.07) is 86.6. The van der Waals surface area contributed by atoms with Gasteiger partial charge < -0.3 is 9.32 Å². The SMILES string of the molecule is c1ccc(-c2ccc(-c3c(N(c4ccc5c(c4)C4(c6ccccc6-c6ccccc64)c4ccccc4-5)c4ccccc4-c4ccccc4)ccc4oc5ccccc5c34)cc2)cc1. The van der Waals surface area contributed by atoms with Gasteiger partial charge in [0.05, 0.1) is 16.8 Å². The Morgan fingerprint density at radius 3 is 1.49 bits per heavy atom. The lowest BCUT2D eigenvalue weighted by Gasteiger charge is -2.33. The average Bonchev–Trinajstić information content (AvgIpc) is 3.99. The number of fused-ring (bicyclic) bond motifs is 13. The van der Waals surface area contributed by atoms with Crippen LogP contribution in [0, 0.1) is 0 Å². The molecule has 2 nitrogen and oxygen atoms in total. The Bertz CT molecular complexity index is 3500. The number of hydrogen-bond donors (Lipinski definition) is 0. The van der Waals surface area contributed by atoms with Gasteiger partial charge in [0.2, 0.25) is 0 Å². The Hall–Kier alpha value is -8.20. The molecule has 10 aromatic carbocycles. The van der Waals surface area contributed by atoms with E-state index in [1.54, 1.807) is 0 Å². The molecule has 63 heavy (non-hydrogen) atoms. The number of anilines is 3. The second kappa shape index (κ2) is 13.9. The zero-order valence-corrected chi connectivity index (χ0v) is 34.4. The fourth-order valence-electron chi connectivity index (χ4n) is 10.9. The maximum Gasteiger partial charge on any atom is 0.136 e. The number of nitrogens with zero attached hydrogens (tertiary/aromatic N) is 1. The van der Waals surface area contributed by atoms with Gasteiger partial charge in [-0.05, 0) is 103 Å². The molecule has 1 heterocycles. The van der Waals surface area contributed by atoms with Crippen LogP contribution in [0.2, 0.25) is 0 Å². The highest BCUT2D eigenvalue weighted by molar-refractivity contribution is 6.17. The van der Waals surface area contributed by atoms with E-state index in [2.05, 4.69) is 241 Å². The van der Waals surface area contributed by atoms with Crippen molar-refractivity contribution in [2.75, 3.05) is 4.90 Å². The number of hydrogen-bond acceptors (Lipinski definition) is 2. The molecular formula is C61H39NO. The third-order valence-corrected chi connectivity index (χ3v) is 13.5. The van der Waals surface area contributed by atoms with Gasteiger partial charge in [-0.1, -0.05) is 200 Å². The quantitative estimate of drug-likeness (QED) is 0.167. The van der Waals surface area contributed by atoms with E-state index in [-0.39, 0.29) is 0 Å². The number of benzene rings is 10. The maximum absolute atomic E-state index is 6.65. The smallest absolute Gasteiger partial charge is 0.136 e. The van der Waals surface area contributed by atoms with Crippen LogP contribution in [-0.4, -0.2) is 0 Å². The highest BCUT2D eigenvalue weighted by Gasteiger charge is 2.51. The summed E-state index contributed by atoms with van der Waals surface area (Å²) in [4.78, 5) is 2.51. The Balaban J connectivity index is 1.13. The molecule has 2 aliphatic rings. The Morgan fingerprint density at radius 2 is 0.825 bits per heavy atom. The molecular weight excluding hydrogens is 763 g/mol. The molecule has 11 aromatic rings. The van der Waals surface area contributed by atoms with E-state index >= 15 is 0 Å². The van der Waals surface area contributed by atoms with Crippen LogP contribution in [0.1, 0.15) is 22.3 Å². The molecule has 0 amide bonds. The molecule has 13 rings (SSSR count). The topological polar surface area (TPSA) is 16.4 Å². The summed E-state index contributed by atoms with van der Waals surface area (Å²) in [7, 11) is 0. The van der Waals surface area contributed by atoms with E-state index < -0.39 is 5.41 Å². The van der Waals surface area contributed by atoms with Gasteiger partial charge in [-0.3, -0.25) is 0 Å². The van der Waals surface area contributed by atoms with Crippen LogP contribution < -0.4 is 4.90 Å². The predicted molar refractivity (Wildman–Crippen MR) is 261 cm³/mol. The summed E-state index contributed by atoms with van der Waals surface area (Å²) in [5.41, 5.74) is 21.8. The molecule has 294 valence electrons. The van der Waals surface area contributed by atoms with Crippen molar-refractivity contribution in [3.63, 3.8) is 0 Å². The van der Waals surface area contributed by atoms with Crippen molar-refractivity contribution in [1.29, 1.82) is 0 Å². The van der Waals surface area contributed by atoms with Crippen molar-refractivity contribution < 1.29 is 4.42 Å². The highest BCUT2D eigenvalue weighted by Crippen LogP contribution is 2.63. The standard InChI is InChI=1S/C61H39NO/c1-3-17-40(18-4-1)41-31-33-43(34-32-41)59-56(37-38-58-60(59)50-25-11-16-30-57(50)63-58)62(55-29-15-10-21-45(55)42-19-5-2-6-20-42)44-35-36-49-48-24-9-14-28-53(48)61(54(49)39-44)51-26-12-7-22-46(51)47-23-8-13-27-52(47)61/h1-39H. The van der Waals surface area contributed by atoms with E-state index in [0.717, 1.165) is 61.3 Å². The molecule has 0 unspecified atom stereocenters. The van der Waals surface area contributed by atoms with Crippen molar-refractivity contribution in [2.45, 2.75) is 5.41 Å². The van der Waals surface area contributed by atoms with Gasteiger partial charge in [-0.25, -0.2) is 0 Å². The van der Waals surface area contributed by atoms with E-state index in [4.69, 9.17) is 4.42 Å². The predicted octanol–water partition coefficient (Wildman–Crippen LogP) is 16.4. The lowest BCUT2D eigenvalue weighted by atomic mass is 9.70. The van der Waals surface area contributed by atoms with Crippen molar-refractivity contribution in [3.8, 4) is 55.6 Å². The molecule has 0 saturated heterocycles. The summed E-state index contributed by atoms with van der Waals surface area (Å²) in [6.45, 7) is 0. The second-order valence-electron chi connectivity index (χ2n) is 16.7. The molecule has 1 aromatic heterocycles. The molecule has 2 aliphatic carbocycles. The van der Waals surface area contributed by atoms with Gasteiger partial charge in [-0.15, -0.1) is 0 Å². The van der Waals surface area contributed by atoms with E-state index in [9.17, 15) is 0 Å². The number of furan rings is 1. The molecule has 1 spiro atoms. The summed E-state index contributed by atoms with van der Waals surface area (Å²) in [5.74, 6) is 0. The largest absolute Gasteiger partial charge is 0.456 e. The van der Waals surface area contributed by atoms with Gasteiger partial charge >= 0.3 is 0 Å². The molecule has 0 bridgehead atoms. The molecule has 2 heteroatoms. The zero-order valence-electron chi connectivity index (χ0n) is 34.4. The lowest BCUT2D eigenvalue weighted by molar-refractivity contribution is 0.669. The minimum atomic E-state index is -0.486. The van der Waals surface area contributed by atoms with Crippen LogP contribution >= 0.6 is 0 Å². The maximum atomic E-state index is 6.65. The lowest BCUT2D eigenvalue weighted by Crippen LogP contribution is -2.26. The van der Waals surface area contributed by atoms with Gasteiger partial charge in [0.15, 0.2) is 0 Å². The number of para-hydroxylation sites is 2. The first-order valence-electron chi connectivity index (χ1n) is 21.8. The fourth-order valence-corrected chi connectivity index (χ4v) is 10.9. The highest BCUT2D eigenvalue weighted by atomic mass is 16.3. The van der Waals surface area contributed by atoms with Crippen molar-refractivity contribution in [2.24, 2.45) is 0 Å². The van der Waals surface area contributed by atoms with Gasteiger partial charge in [0, 0.05) is 27.6 Å². The first-order chi connectivity index (χ1) is 31.3. The number of rotatable bonds is 6. The summed E-state index contributed by atoms with van der Waals surface area (Å²) >= 11 is 0. The van der Waals surface area contributed by atoms with Gasteiger partial charge in [0.25, 0.3) is 0 Å². The fraction of sp³-hybridized carbons (Fsp3) is 0.0164. The second-order valence-corrected chi connectivity index (χ2v) is 16.7. The van der Waals surface area contributed by atoms with Crippen LogP contribution in [0.15, 0.2) is 241 Å². The zero-order chi connectivity index (χ0) is 41.5. The summed E-state index contributed by atoms with van der Waals surface area (Å²) < 4.78 is 6.65. The normalized spacial score (nSPS) is 12.9. The Morgan fingerprint density at radius 1 is 0.317 bits per heavy atom. The van der Waals surface area contributed by atoms with Gasteiger partial charge in [-0.2, -0.15) is 0 Å². The van der Waals surface area contributed by atoms with Crippen molar-refractivity contribution in [1.82, 2.24) is 0 Å². The van der Waals surface area contributed by atoms with Crippen LogP contribution in [-0.2, 0) is 5.41 Å². The average molecular weight is 802 g/mol. The summed E-state index contributed by atoms with van der Waals surface area (Å²) in [6.07, 6.45) is 0. The van der Waals surface area contributed by atoms with Crippen LogP contribution in [0.25, 0.3) is 77.6 Å². The Kier molecular flexibility index (Phi) is 7.85. The minimum Gasteiger partial charge on any atom is -0.456 e. The minimum absolute atomic E-state index is 0.486. The molecule has 0 aliphatic heterocycles. The summed E-state index contributed by atoms with van der Waals surface area (Å²) in [5, 5.41) is 2.19. The molecule has 0 radical (unpaired) electrons. The van der Waals surface area contributed by atoms with Crippen LogP contribution in [0.3, 0.4) is 0 Å². The third-order valence-electron chi connectivity index (χ3n) is 13.5. The van der Waals surface area contributed by atoms with Crippen molar-refractivity contribution in [3.05, 3.63) is 259 Å². The van der Waals surface area contributed by atoms with Crippen LogP contribution in [0.4, 0.5) is 17.1 Å². The van der Waals surface area contributed by atoms with Crippen molar-refractivity contribution >= 4 is 39.0 Å². The van der Waals surface area contributed by atoms with E-state index in [1.807, 2.05) is 0 Å². The van der Waals surface area contributed by atoms with E-state index in [0.29, 0.717) is 0 Å². The molecule has 0 fully saturated rings.